The van der Waals surface area contributed by atoms with Gasteiger partial charge in [0, 0.05) is 41.7 Å². The molecule has 1 unspecified atom stereocenters. The normalized spacial score (nSPS) is 13.0. The lowest BCUT2D eigenvalue weighted by molar-refractivity contribution is 0.669. The highest BCUT2D eigenvalue weighted by molar-refractivity contribution is 7.12. The zero-order valence-corrected chi connectivity index (χ0v) is 9.79. The number of thiophene rings is 1. The highest BCUT2D eigenvalue weighted by atomic mass is 32.1. The van der Waals surface area contributed by atoms with Gasteiger partial charge < -0.3 is 10.3 Å². The second-order valence-corrected chi connectivity index (χ2v) is 5.03. The van der Waals surface area contributed by atoms with E-state index in [0.717, 1.165) is 12.2 Å². The lowest BCUT2D eigenvalue weighted by atomic mass is 10.2. The minimum atomic E-state index is 0.0600. The van der Waals surface area contributed by atoms with Crippen LogP contribution in [-0.2, 0) is 13.5 Å². The zero-order valence-electron chi connectivity index (χ0n) is 8.97. The van der Waals surface area contributed by atoms with E-state index >= 15 is 0 Å². The summed E-state index contributed by atoms with van der Waals surface area (Å²) in [6.45, 7) is 2.10. The molecular weight excluding hydrogens is 206 g/mol. The Balaban J connectivity index is 2.10. The number of rotatable bonds is 3. The number of hydrogen-bond donors (Lipinski definition) is 1. The zero-order chi connectivity index (χ0) is 10.8. The summed E-state index contributed by atoms with van der Waals surface area (Å²) < 4.78 is 2.01. The Labute approximate surface area is 93.6 Å². The predicted octanol–water partition coefficient (Wildman–Crippen LogP) is 2.03. The molecule has 2 aromatic rings. The predicted molar refractivity (Wildman–Crippen MR) is 62.9 cm³/mol. The van der Waals surface area contributed by atoms with Crippen LogP contribution in [0.5, 0.6) is 0 Å². The Morgan fingerprint density at radius 2 is 2.33 bits per heavy atom. The van der Waals surface area contributed by atoms with Crippen LogP contribution in [0, 0.1) is 6.92 Å². The molecule has 0 saturated heterocycles. The maximum Gasteiger partial charge on any atom is 0.110 e. The number of nitrogens with zero attached hydrogens (tertiary/aromatic N) is 2. The summed E-state index contributed by atoms with van der Waals surface area (Å²) >= 11 is 1.76. The summed E-state index contributed by atoms with van der Waals surface area (Å²) in [4.78, 5) is 6.81. The molecule has 2 N–H and O–H groups in total. The van der Waals surface area contributed by atoms with Gasteiger partial charge in [0.25, 0.3) is 0 Å². The molecule has 0 aromatic carbocycles. The first-order chi connectivity index (χ1) is 7.16. The lowest BCUT2D eigenvalue weighted by Crippen LogP contribution is -2.14. The maximum atomic E-state index is 6.13. The molecule has 1 atom stereocenters. The van der Waals surface area contributed by atoms with Crippen LogP contribution >= 0.6 is 11.3 Å². The first kappa shape index (κ1) is 10.4. The van der Waals surface area contributed by atoms with Gasteiger partial charge in [-0.05, 0) is 19.1 Å². The fourth-order valence-corrected chi connectivity index (χ4v) is 2.42. The van der Waals surface area contributed by atoms with Crippen molar-refractivity contribution in [2.75, 3.05) is 0 Å². The fraction of sp³-hybridized carbons (Fsp3) is 0.364. The average Bonchev–Trinajstić information content (AvgIpc) is 2.77. The Morgan fingerprint density at radius 3 is 2.87 bits per heavy atom. The quantitative estimate of drug-likeness (QED) is 0.862. The van der Waals surface area contributed by atoms with Crippen LogP contribution in [0.3, 0.4) is 0 Å². The minimum absolute atomic E-state index is 0.0600. The Kier molecular flexibility index (Phi) is 2.88. The number of imidazole rings is 1. The van der Waals surface area contributed by atoms with Crippen molar-refractivity contribution in [3.05, 3.63) is 40.1 Å². The number of aryl methyl sites for hydroxylation is 2. The Bertz CT molecular complexity index is 444. The Hall–Kier alpha value is -1.13. The standard InChI is InChI=1S/C11H15N3S/c1-8-3-4-10(15-8)9(12)7-11-13-5-6-14(11)2/h3-6,9H,7,12H2,1-2H3. The van der Waals surface area contributed by atoms with E-state index in [-0.39, 0.29) is 6.04 Å². The average molecular weight is 221 g/mol. The first-order valence-electron chi connectivity index (χ1n) is 4.95. The smallest absolute Gasteiger partial charge is 0.110 e. The molecule has 0 bridgehead atoms. The molecule has 3 nitrogen and oxygen atoms in total. The van der Waals surface area contributed by atoms with E-state index in [1.165, 1.54) is 9.75 Å². The largest absolute Gasteiger partial charge is 0.338 e. The molecule has 2 rings (SSSR count). The van der Waals surface area contributed by atoms with Crippen LogP contribution in [0.15, 0.2) is 24.5 Å². The summed E-state index contributed by atoms with van der Waals surface area (Å²) in [6.07, 6.45) is 4.55. The molecule has 0 spiro atoms. The maximum absolute atomic E-state index is 6.13. The third-order valence-corrected chi connectivity index (χ3v) is 3.58. The van der Waals surface area contributed by atoms with E-state index in [2.05, 4.69) is 24.0 Å². The molecule has 0 aliphatic rings. The van der Waals surface area contributed by atoms with Gasteiger partial charge in [0.2, 0.25) is 0 Å². The fourth-order valence-electron chi connectivity index (χ4n) is 1.54. The first-order valence-corrected chi connectivity index (χ1v) is 5.76. The van der Waals surface area contributed by atoms with Gasteiger partial charge in [-0.1, -0.05) is 0 Å². The molecule has 0 radical (unpaired) electrons. The molecule has 0 saturated carbocycles. The van der Waals surface area contributed by atoms with Crippen molar-refractivity contribution in [2.45, 2.75) is 19.4 Å². The summed E-state index contributed by atoms with van der Waals surface area (Å²) in [6, 6.07) is 4.27. The van der Waals surface area contributed by atoms with Crippen molar-refractivity contribution in [3.8, 4) is 0 Å². The van der Waals surface area contributed by atoms with Crippen LogP contribution in [-0.4, -0.2) is 9.55 Å². The van der Waals surface area contributed by atoms with E-state index in [9.17, 15) is 0 Å². The third kappa shape index (κ3) is 2.27. The van der Waals surface area contributed by atoms with Gasteiger partial charge in [0.1, 0.15) is 5.82 Å². The highest BCUT2D eigenvalue weighted by Gasteiger charge is 2.11. The molecule has 0 aliphatic carbocycles. The monoisotopic (exact) mass is 221 g/mol. The van der Waals surface area contributed by atoms with E-state index in [1.807, 2.05) is 24.0 Å². The molecule has 4 heteroatoms. The topological polar surface area (TPSA) is 43.8 Å². The van der Waals surface area contributed by atoms with E-state index in [0.29, 0.717) is 0 Å². The highest BCUT2D eigenvalue weighted by Crippen LogP contribution is 2.23. The second kappa shape index (κ2) is 4.16. The summed E-state index contributed by atoms with van der Waals surface area (Å²) in [5.41, 5.74) is 6.13. The summed E-state index contributed by atoms with van der Waals surface area (Å²) in [7, 11) is 1.99. The minimum Gasteiger partial charge on any atom is -0.338 e. The van der Waals surface area contributed by atoms with Gasteiger partial charge in [-0.25, -0.2) is 4.98 Å². The van der Waals surface area contributed by atoms with Gasteiger partial charge in [-0.2, -0.15) is 0 Å². The van der Waals surface area contributed by atoms with Crippen LogP contribution in [0.2, 0.25) is 0 Å². The molecule has 80 valence electrons. The van der Waals surface area contributed by atoms with Crippen molar-refractivity contribution in [2.24, 2.45) is 12.8 Å². The molecule has 0 fully saturated rings. The van der Waals surface area contributed by atoms with Crippen molar-refractivity contribution in [3.63, 3.8) is 0 Å². The number of nitrogens with two attached hydrogens (primary N) is 1. The number of aromatic nitrogens is 2. The van der Waals surface area contributed by atoms with Gasteiger partial charge in [0.05, 0.1) is 0 Å². The van der Waals surface area contributed by atoms with E-state index in [1.54, 1.807) is 11.3 Å². The van der Waals surface area contributed by atoms with Gasteiger partial charge in [-0.15, -0.1) is 11.3 Å². The van der Waals surface area contributed by atoms with Crippen molar-refractivity contribution in [1.82, 2.24) is 9.55 Å². The van der Waals surface area contributed by atoms with Crippen molar-refractivity contribution < 1.29 is 0 Å². The molecule has 2 aromatic heterocycles. The molecule has 0 amide bonds. The van der Waals surface area contributed by atoms with Crippen LogP contribution in [0.4, 0.5) is 0 Å². The van der Waals surface area contributed by atoms with Crippen LogP contribution in [0.25, 0.3) is 0 Å². The molecule has 0 aliphatic heterocycles. The molecular formula is C11H15N3S. The summed E-state index contributed by atoms with van der Waals surface area (Å²) in [5, 5.41) is 0. The van der Waals surface area contributed by atoms with E-state index < -0.39 is 0 Å². The number of hydrogen-bond acceptors (Lipinski definition) is 3. The molecule has 2 heterocycles. The van der Waals surface area contributed by atoms with Crippen molar-refractivity contribution in [1.29, 1.82) is 0 Å². The van der Waals surface area contributed by atoms with Crippen molar-refractivity contribution >= 4 is 11.3 Å². The second-order valence-electron chi connectivity index (χ2n) is 3.71. The van der Waals surface area contributed by atoms with Gasteiger partial charge in [0.15, 0.2) is 0 Å². The summed E-state index contributed by atoms with van der Waals surface area (Å²) in [5.74, 6) is 1.04. The van der Waals surface area contributed by atoms with Gasteiger partial charge in [-0.3, -0.25) is 0 Å². The van der Waals surface area contributed by atoms with Crippen LogP contribution in [0.1, 0.15) is 21.6 Å². The third-order valence-electron chi connectivity index (χ3n) is 2.45. The lowest BCUT2D eigenvalue weighted by Gasteiger charge is -2.08. The SMILES string of the molecule is Cc1ccc(C(N)Cc2nccn2C)s1. The van der Waals surface area contributed by atoms with Gasteiger partial charge >= 0.3 is 0 Å². The molecule has 15 heavy (non-hydrogen) atoms. The van der Waals surface area contributed by atoms with Crippen LogP contribution < -0.4 is 5.73 Å². The Morgan fingerprint density at radius 1 is 1.53 bits per heavy atom. The van der Waals surface area contributed by atoms with E-state index in [4.69, 9.17) is 5.73 Å².